The van der Waals surface area contributed by atoms with E-state index in [4.69, 9.17) is 4.98 Å². The zero-order valence-corrected chi connectivity index (χ0v) is 16.4. The summed E-state index contributed by atoms with van der Waals surface area (Å²) in [6.07, 6.45) is 5.94. The Morgan fingerprint density at radius 1 is 1.05 bits per heavy atom. The smallest absolute Gasteiger partial charge is 0.0465 e. The van der Waals surface area contributed by atoms with E-state index in [1.54, 1.807) is 0 Å². The molecule has 0 saturated carbocycles. The maximum Gasteiger partial charge on any atom is 0.0465 e. The van der Waals surface area contributed by atoms with Crippen molar-refractivity contribution in [1.29, 1.82) is 0 Å². The van der Waals surface area contributed by atoms with E-state index < -0.39 is 0 Å². The highest BCUT2D eigenvalue weighted by molar-refractivity contribution is 7.99. The molecular weight excluding hydrogens is 286 g/mol. The van der Waals surface area contributed by atoms with Gasteiger partial charge in [0, 0.05) is 16.8 Å². The maximum absolute atomic E-state index is 4.98. The molecule has 1 aromatic heterocycles. The second-order valence-electron chi connectivity index (χ2n) is 7.50. The lowest BCUT2D eigenvalue weighted by atomic mass is 9.79. The van der Waals surface area contributed by atoms with Crippen molar-refractivity contribution < 1.29 is 0 Å². The zero-order chi connectivity index (χ0) is 16.6. The van der Waals surface area contributed by atoms with Gasteiger partial charge in [-0.05, 0) is 48.3 Å². The lowest BCUT2D eigenvalue weighted by Crippen LogP contribution is -2.22. The summed E-state index contributed by atoms with van der Waals surface area (Å²) in [7, 11) is 0. The molecule has 2 heteroatoms. The molecule has 1 nitrogen and oxygen atoms in total. The van der Waals surface area contributed by atoms with Crippen LogP contribution in [0, 0.1) is 5.41 Å². The van der Waals surface area contributed by atoms with Crippen molar-refractivity contribution >= 4 is 11.8 Å². The summed E-state index contributed by atoms with van der Waals surface area (Å²) >= 11 is 2.07. The molecule has 0 aromatic carbocycles. The van der Waals surface area contributed by atoms with Crippen LogP contribution in [0.15, 0.2) is 18.2 Å². The van der Waals surface area contributed by atoms with E-state index in [1.807, 2.05) is 0 Å². The maximum atomic E-state index is 4.98. The predicted molar refractivity (Wildman–Crippen MR) is 102 cm³/mol. The van der Waals surface area contributed by atoms with E-state index >= 15 is 0 Å². The van der Waals surface area contributed by atoms with E-state index in [9.17, 15) is 0 Å². The van der Waals surface area contributed by atoms with Gasteiger partial charge in [0.1, 0.15) is 0 Å². The standard InChI is InChI=1S/C20H35NS/c1-7-14-20(6,9-3)18-12-10-11-17(21-18)13-15-22-16-19(4,5)8-2/h10-12H,7-9,13-16H2,1-6H3. The Kier molecular flexibility index (Phi) is 7.96. The summed E-state index contributed by atoms with van der Waals surface area (Å²) in [5, 5.41) is 0. The number of nitrogens with zero attached hydrogens (tertiary/aromatic N) is 1. The fourth-order valence-corrected chi connectivity index (χ4v) is 3.87. The Morgan fingerprint density at radius 3 is 2.36 bits per heavy atom. The van der Waals surface area contributed by atoms with Crippen molar-refractivity contribution in [2.45, 2.75) is 79.1 Å². The first-order valence-corrected chi connectivity index (χ1v) is 10.1. The van der Waals surface area contributed by atoms with Gasteiger partial charge in [-0.15, -0.1) is 0 Å². The summed E-state index contributed by atoms with van der Waals surface area (Å²) in [6, 6.07) is 6.61. The molecule has 0 aliphatic rings. The van der Waals surface area contributed by atoms with Gasteiger partial charge in [-0.1, -0.05) is 60.5 Å². The van der Waals surface area contributed by atoms with Gasteiger partial charge in [0.25, 0.3) is 0 Å². The molecular formula is C20H35NS. The molecule has 1 heterocycles. The Hall–Kier alpha value is -0.500. The molecule has 0 aliphatic carbocycles. The average Bonchev–Trinajstić information content (AvgIpc) is 2.52. The van der Waals surface area contributed by atoms with Gasteiger partial charge >= 0.3 is 0 Å². The molecule has 126 valence electrons. The first kappa shape index (κ1) is 19.5. The summed E-state index contributed by atoms with van der Waals surface area (Å²) in [5.41, 5.74) is 3.24. The highest BCUT2D eigenvalue weighted by Gasteiger charge is 2.25. The summed E-state index contributed by atoms with van der Waals surface area (Å²) in [5.74, 6) is 2.42. The van der Waals surface area contributed by atoms with Crippen molar-refractivity contribution in [2.75, 3.05) is 11.5 Å². The van der Waals surface area contributed by atoms with Gasteiger partial charge in [-0.25, -0.2) is 0 Å². The van der Waals surface area contributed by atoms with Crippen LogP contribution in [0.4, 0.5) is 0 Å². The zero-order valence-electron chi connectivity index (χ0n) is 15.5. The van der Waals surface area contributed by atoms with E-state index in [-0.39, 0.29) is 5.41 Å². The van der Waals surface area contributed by atoms with Crippen LogP contribution in [0.2, 0.25) is 0 Å². The quantitative estimate of drug-likeness (QED) is 0.472. The highest BCUT2D eigenvalue weighted by Crippen LogP contribution is 2.31. The van der Waals surface area contributed by atoms with Crippen LogP contribution in [0.1, 0.15) is 78.6 Å². The fourth-order valence-electron chi connectivity index (χ4n) is 2.62. The number of aryl methyl sites for hydroxylation is 1. The molecule has 0 saturated heterocycles. The third-order valence-corrected chi connectivity index (χ3v) is 6.44. The largest absolute Gasteiger partial charge is 0.257 e. The van der Waals surface area contributed by atoms with Crippen molar-refractivity contribution in [3.8, 4) is 0 Å². The van der Waals surface area contributed by atoms with Gasteiger partial charge in [0.05, 0.1) is 0 Å². The predicted octanol–water partition coefficient (Wildman–Crippen LogP) is 6.26. The van der Waals surface area contributed by atoms with Gasteiger partial charge in [0.15, 0.2) is 0 Å². The van der Waals surface area contributed by atoms with E-state index in [0.717, 1.165) is 12.8 Å². The van der Waals surface area contributed by atoms with Crippen LogP contribution < -0.4 is 0 Å². The third-order valence-electron chi connectivity index (χ3n) is 4.96. The van der Waals surface area contributed by atoms with Gasteiger partial charge in [-0.3, -0.25) is 4.98 Å². The number of hydrogen-bond acceptors (Lipinski definition) is 2. The number of rotatable bonds is 10. The van der Waals surface area contributed by atoms with Crippen LogP contribution in [-0.4, -0.2) is 16.5 Å². The second kappa shape index (κ2) is 8.96. The minimum atomic E-state index is 0.238. The summed E-state index contributed by atoms with van der Waals surface area (Å²) in [6.45, 7) is 13.9. The molecule has 1 rings (SSSR count). The molecule has 0 bridgehead atoms. The molecule has 1 atom stereocenters. The Labute approximate surface area is 142 Å². The number of aromatic nitrogens is 1. The number of pyridine rings is 1. The lowest BCUT2D eigenvalue weighted by molar-refractivity contribution is 0.401. The van der Waals surface area contributed by atoms with E-state index in [0.29, 0.717) is 5.41 Å². The fraction of sp³-hybridized carbons (Fsp3) is 0.750. The monoisotopic (exact) mass is 321 g/mol. The molecule has 0 radical (unpaired) electrons. The van der Waals surface area contributed by atoms with Crippen molar-refractivity contribution in [3.05, 3.63) is 29.6 Å². The molecule has 0 spiro atoms. The van der Waals surface area contributed by atoms with Gasteiger partial charge in [-0.2, -0.15) is 11.8 Å². The number of thioether (sulfide) groups is 1. The Balaban J connectivity index is 2.61. The average molecular weight is 322 g/mol. The molecule has 0 N–H and O–H groups in total. The number of hydrogen-bond donors (Lipinski definition) is 0. The summed E-state index contributed by atoms with van der Waals surface area (Å²) < 4.78 is 0. The molecule has 1 unspecified atom stereocenters. The van der Waals surface area contributed by atoms with Crippen LogP contribution in [0.3, 0.4) is 0 Å². The summed E-state index contributed by atoms with van der Waals surface area (Å²) in [4.78, 5) is 4.98. The molecule has 0 amide bonds. The molecule has 0 aliphatic heterocycles. The van der Waals surface area contributed by atoms with Gasteiger partial charge in [0.2, 0.25) is 0 Å². The van der Waals surface area contributed by atoms with E-state index in [1.165, 1.54) is 42.2 Å². The molecule has 0 fully saturated rings. The normalized spacial score (nSPS) is 14.8. The minimum Gasteiger partial charge on any atom is -0.257 e. The van der Waals surface area contributed by atoms with Crippen LogP contribution >= 0.6 is 11.8 Å². The molecule has 22 heavy (non-hydrogen) atoms. The Morgan fingerprint density at radius 2 is 1.77 bits per heavy atom. The minimum absolute atomic E-state index is 0.238. The first-order chi connectivity index (χ1) is 10.4. The SMILES string of the molecule is CCCC(C)(CC)c1cccc(CCSCC(C)(C)CC)n1. The highest BCUT2D eigenvalue weighted by atomic mass is 32.2. The van der Waals surface area contributed by atoms with Crippen molar-refractivity contribution in [3.63, 3.8) is 0 Å². The Bertz CT molecular complexity index is 441. The topological polar surface area (TPSA) is 12.9 Å². The van der Waals surface area contributed by atoms with Crippen LogP contribution in [0.25, 0.3) is 0 Å². The second-order valence-corrected chi connectivity index (χ2v) is 8.60. The van der Waals surface area contributed by atoms with Crippen molar-refractivity contribution in [2.24, 2.45) is 5.41 Å². The molecule has 1 aromatic rings. The van der Waals surface area contributed by atoms with Crippen molar-refractivity contribution in [1.82, 2.24) is 4.98 Å². The van der Waals surface area contributed by atoms with Gasteiger partial charge < -0.3 is 0 Å². The van der Waals surface area contributed by atoms with Crippen LogP contribution in [-0.2, 0) is 11.8 Å². The lowest BCUT2D eigenvalue weighted by Gasteiger charge is -2.27. The first-order valence-electron chi connectivity index (χ1n) is 8.91. The van der Waals surface area contributed by atoms with E-state index in [2.05, 4.69) is 71.5 Å². The third kappa shape index (κ3) is 5.95. The van der Waals surface area contributed by atoms with Crippen LogP contribution in [0.5, 0.6) is 0 Å².